The number of esters is 2. The van der Waals surface area contributed by atoms with E-state index in [-0.39, 0.29) is 37.6 Å². The number of Topliss-reactive ketones (excluding diaryl/α,β-unsaturated/α-hetero) is 2. The first-order valence-corrected chi connectivity index (χ1v) is 5.72. The molecular formula is C12H18O6. The van der Waals surface area contributed by atoms with E-state index in [1.54, 1.807) is 0 Å². The van der Waals surface area contributed by atoms with Crippen molar-refractivity contribution >= 4 is 23.5 Å². The fraction of sp³-hybridized carbons (Fsp3) is 0.667. The number of rotatable bonds is 9. The maximum atomic E-state index is 11.1. The Morgan fingerprint density at radius 2 is 1.06 bits per heavy atom. The minimum atomic E-state index is -0.456. The molecule has 0 fully saturated rings. The van der Waals surface area contributed by atoms with Crippen LogP contribution in [0.5, 0.6) is 0 Å². The number of ketones is 2. The van der Waals surface area contributed by atoms with Crippen LogP contribution in [0.25, 0.3) is 0 Å². The van der Waals surface area contributed by atoms with Crippen LogP contribution >= 0.6 is 0 Å². The molecular weight excluding hydrogens is 240 g/mol. The third-order valence-corrected chi connectivity index (χ3v) is 1.88. The highest BCUT2D eigenvalue weighted by Crippen LogP contribution is 2.03. The first kappa shape index (κ1) is 16.3. The van der Waals surface area contributed by atoms with Gasteiger partial charge < -0.3 is 9.47 Å². The van der Waals surface area contributed by atoms with Gasteiger partial charge in [0.15, 0.2) is 11.6 Å². The molecule has 0 N–H and O–H groups in total. The van der Waals surface area contributed by atoms with E-state index in [1.165, 1.54) is 13.8 Å². The second kappa shape index (κ2) is 9.32. The van der Waals surface area contributed by atoms with Gasteiger partial charge in [0.25, 0.3) is 0 Å². The maximum Gasteiger partial charge on any atom is 0.306 e. The Balaban J connectivity index is 3.49. The minimum absolute atomic E-state index is 0.160. The van der Waals surface area contributed by atoms with E-state index in [1.807, 2.05) is 0 Å². The molecule has 0 aromatic carbocycles. The quantitative estimate of drug-likeness (QED) is 0.449. The molecule has 0 bridgehead atoms. The molecule has 102 valence electrons. The summed E-state index contributed by atoms with van der Waals surface area (Å²) in [4.78, 5) is 43.2. The van der Waals surface area contributed by atoms with Crippen LogP contribution in [0.1, 0.15) is 39.5 Å². The van der Waals surface area contributed by atoms with Crippen molar-refractivity contribution < 1.29 is 28.7 Å². The molecule has 0 heterocycles. The minimum Gasteiger partial charge on any atom is -0.458 e. The molecule has 0 aliphatic heterocycles. The molecule has 0 saturated heterocycles. The topological polar surface area (TPSA) is 86.7 Å². The van der Waals surface area contributed by atoms with E-state index < -0.39 is 11.9 Å². The Hall–Kier alpha value is -1.72. The lowest BCUT2D eigenvalue weighted by atomic mass is 10.2. The van der Waals surface area contributed by atoms with Crippen molar-refractivity contribution in [3.63, 3.8) is 0 Å². The van der Waals surface area contributed by atoms with Gasteiger partial charge in [0.2, 0.25) is 0 Å². The largest absolute Gasteiger partial charge is 0.458 e. The standard InChI is InChI=1S/C12H18O6/c1-9(13)7-17-11(15)5-3-4-6-12(16)18-8-10(2)14/h3-8H2,1-2H3. The fourth-order valence-corrected chi connectivity index (χ4v) is 1.05. The first-order valence-electron chi connectivity index (χ1n) is 5.72. The van der Waals surface area contributed by atoms with Crippen LogP contribution < -0.4 is 0 Å². The van der Waals surface area contributed by atoms with Crippen molar-refractivity contribution in [2.24, 2.45) is 0 Å². The molecule has 6 nitrogen and oxygen atoms in total. The highest BCUT2D eigenvalue weighted by Gasteiger charge is 2.07. The molecule has 0 aromatic heterocycles. The van der Waals surface area contributed by atoms with E-state index in [2.05, 4.69) is 9.47 Å². The Bertz CT molecular complexity index is 289. The van der Waals surface area contributed by atoms with Gasteiger partial charge in [-0.25, -0.2) is 0 Å². The normalized spacial score (nSPS) is 9.67. The van der Waals surface area contributed by atoms with E-state index in [0.29, 0.717) is 12.8 Å². The molecule has 0 spiro atoms. The second-order valence-corrected chi connectivity index (χ2v) is 3.93. The lowest BCUT2D eigenvalue weighted by Crippen LogP contribution is -2.12. The van der Waals surface area contributed by atoms with Gasteiger partial charge in [-0.3, -0.25) is 19.2 Å². The van der Waals surface area contributed by atoms with Crippen LogP contribution in [0.3, 0.4) is 0 Å². The lowest BCUT2D eigenvalue weighted by molar-refractivity contribution is -0.148. The van der Waals surface area contributed by atoms with E-state index in [9.17, 15) is 19.2 Å². The Morgan fingerprint density at radius 1 is 0.722 bits per heavy atom. The van der Waals surface area contributed by atoms with Gasteiger partial charge in [0, 0.05) is 12.8 Å². The first-order chi connectivity index (χ1) is 8.41. The van der Waals surface area contributed by atoms with Crippen LogP contribution in [0.4, 0.5) is 0 Å². The van der Waals surface area contributed by atoms with Crippen molar-refractivity contribution in [1.82, 2.24) is 0 Å². The molecule has 0 aromatic rings. The molecule has 0 atom stereocenters. The third kappa shape index (κ3) is 10.8. The van der Waals surface area contributed by atoms with Gasteiger partial charge >= 0.3 is 11.9 Å². The third-order valence-electron chi connectivity index (χ3n) is 1.88. The summed E-state index contributed by atoms with van der Waals surface area (Å²) < 4.78 is 9.28. The summed E-state index contributed by atoms with van der Waals surface area (Å²) in [6.07, 6.45) is 1.28. The monoisotopic (exact) mass is 258 g/mol. The van der Waals surface area contributed by atoms with E-state index >= 15 is 0 Å². The summed E-state index contributed by atoms with van der Waals surface area (Å²) in [5.74, 6) is -1.34. The summed E-state index contributed by atoms with van der Waals surface area (Å²) in [6.45, 7) is 2.25. The summed E-state index contributed by atoms with van der Waals surface area (Å²) in [5, 5.41) is 0. The van der Waals surface area contributed by atoms with Gasteiger partial charge in [-0.05, 0) is 26.7 Å². The molecule has 6 heteroatoms. The van der Waals surface area contributed by atoms with E-state index in [0.717, 1.165) is 0 Å². The van der Waals surface area contributed by atoms with Gasteiger partial charge in [0.1, 0.15) is 13.2 Å². The SMILES string of the molecule is CC(=O)COC(=O)CCCCC(=O)OCC(C)=O. The van der Waals surface area contributed by atoms with Gasteiger partial charge in [-0.2, -0.15) is 0 Å². The van der Waals surface area contributed by atoms with Crippen molar-refractivity contribution in [3.05, 3.63) is 0 Å². The predicted octanol–water partition coefficient (Wildman–Crippen LogP) is 0.811. The van der Waals surface area contributed by atoms with E-state index in [4.69, 9.17) is 0 Å². The molecule has 0 amide bonds. The van der Waals surface area contributed by atoms with Gasteiger partial charge in [-0.1, -0.05) is 0 Å². The summed E-state index contributed by atoms with van der Waals surface area (Å²) >= 11 is 0. The average Bonchev–Trinajstić information content (AvgIpc) is 2.29. The van der Waals surface area contributed by atoms with Crippen molar-refractivity contribution in [3.8, 4) is 0 Å². The van der Waals surface area contributed by atoms with Crippen molar-refractivity contribution in [1.29, 1.82) is 0 Å². The Labute approximate surface area is 106 Å². The number of hydrogen-bond acceptors (Lipinski definition) is 6. The highest BCUT2D eigenvalue weighted by atomic mass is 16.5. The van der Waals surface area contributed by atoms with Gasteiger partial charge in [-0.15, -0.1) is 0 Å². The molecule has 0 radical (unpaired) electrons. The molecule has 0 saturated carbocycles. The van der Waals surface area contributed by atoms with Crippen LogP contribution in [-0.2, 0) is 28.7 Å². The average molecular weight is 258 g/mol. The maximum absolute atomic E-state index is 11.1. The van der Waals surface area contributed by atoms with Crippen LogP contribution in [0.15, 0.2) is 0 Å². The zero-order valence-corrected chi connectivity index (χ0v) is 10.7. The number of unbranched alkanes of at least 4 members (excludes halogenated alkanes) is 1. The molecule has 0 aliphatic rings. The van der Waals surface area contributed by atoms with Crippen LogP contribution in [0.2, 0.25) is 0 Å². The van der Waals surface area contributed by atoms with Crippen molar-refractivity contribution in [2.45, 2.75) is 39.5 Å². The summed E-state index contributed by atoms with van der Waals surface area (Å²) in [6, 6.07) is 0. The van der Waals surface area contributed by atoms with Crippen LogP contribution in [-0.4, -0.2) is 36.7 Å². The fourth-order valence-electron chi connectivity index (χ4n) is 1.05. The Morgan fingerprint density at radius 3 is 1.33 bits per heavy atom. The molecule has 0 aliphatic carbocycles. The smallest absolute Gasteiger partial charge is 0.306 e. The zero-order valence-electron chi connectivity index (χ0n) is 10.7. The predicted molar refractivity (Wildman–Crippen MR) is 61.7 cm³/mol. The summed E-state index contributed by atoms with van der Waals surface area (Å²) in [7, 11) is 0. The second-order valence-electron chi connectivity index (χ2n) is 3.93. The lowest BCUT2D eigenvalue weighted by Gasteiger charge is -2.03. The Kier molecular flexibility index (Phi) is 8.43. The van der Waals surface area contributed by atoms with Crippen LogP contribution in [0, 0.1) is 0 Å². The summed E-state index contributed by atoms with van der Waals surface area (Å²) in [5.41, 5.74) is 0. The van der Waals surface area contributed by atoms with Gasteiger partial charge in [0.05, 0.1) is 0 Å². The number of ether oxygens (including phenoxy) is 2. The zero-order chi connectivity index (χ0) is 14.0. The molecule has 18 heavy (non-hydrogen) atoms. The molecule has 0 rings (SSSR count). The highest BCUT2D eigenvalue weighted by molar-refractivity contribution is 5.80. The number of carbonyl (C=O) groups excluding carboxylic acids is 4. The number of carbonyl (C=O) groups is 4. The molecule has 0 unspecified atom stereocenters. The number of hydrogen-bond donors (Lipinski definition) is 0. The van der Waals surface area contributed by atoms with Crippen molar-refractivity contribution in [2.75, 3.05) is 13.2 Å².